The Balaban J connectivity index is 0.000000240. The number of phenolic OH excluding ortho intramolecular Hbond substituents is 3. The SMILES string of the molecule is O=C(O)c1cc(O)c(O)c(O)c1.OC[C@H]1O[C@H](O)[C@H](O)[C@@H](O)[C@@H]1O. The van der Waals surface area contributed by atoms with E-state index in [4.69, 9.17) is 46.0 Å². The first-order valence-electron chi connectivity index (χ1n) is 6.57. The highest BCUT2D eigenvalue weighted by molar-refractivity contribution is 5.89. The van der Waals surface area contributed by atoms with Gasteiger partial charge in [-0.1, -0.05) is 0 Å². The monoisotopic (exact) mass is 350 g/mol. The lowest BCUT2D eigenvalue weighted by atomic mass is 10.00. The molecule has 1 fully saturated rings. The fourth-order valence-electron chi connectivity index (χ4n) is 1.81. The third-order valence-corrected chi connectivity index (χ3v) is 3.18. The second-order valence-electron chi connectivity index (χ2n) is 4.89. The minimum atomic E-state index is -1.57. The van der Waals surface area contributed by atoms with E-state index in [1.165, 1.54) is 0 Å². The number of aromatic carboxylic acids is 1. The maximum absolute atomic E-state index is 10.3. The van der Waals surface area contributed by atoms with E-state index in [1.54, 1.807) is 0 Å². The molecule has 0 bridgehead atoms. The Bertz CT molecular complexity index is 547. The van der Waals surface area contributed by atoms with Crippen molar-refractivity contribution >= 4 is 5.97 Å². The molecule has 2 rings (SSSR count). The Labute approximate surface area is 134 Å². The number of aliphatic hydroxyl groups excluding tert-OH is 5. The van der Waals surface area contributed by atoms with Crippen LogP contribution in [0.25, 0.3) is 0 Å². The molecule has 0 saturated carbocycles. The lowest BCUT2D eigenvalue weighted by Gasteiger charge is -2.37. The van der Waals surface area contributed by atoms with Crippen molar-refractivity contribution in [3.05, 3.63) is 17.7 Å². The van der Waals surface area contributed by atoms with E-state index in [2.05, 4.69) is 4.74 Å². The lowest BCUT2D eigenvalue weighted by molar-refractivity contribution is -0.286. The molecule has 9 N–H and O–H groups in total. The van der Waals surface area contributed by atoms with Crippen molar-refractivity contribution in [2.45, 2.75) is 30.7 Å². The topological polar surface area (TPSA) is 208 Å². The van der Waals surface area contributed by atoms with Gasteiger partial charge in [-0.2, -0.15) is 0 Å². The lowest BCUT2D eigenvalue weighted by Crippen LogP contribution is -2.58. The summed E-state index contributed by atoms with van der Waals surface area (Å²) in [6.45, 7) is -0.526. The molecule has 1 saturated heterocycles. The number of hydrogen-bond donors (Lipinski definition) is 9. The summed E-state index contributed by atoms with van der Waals surface area (Å²) in [4.78, 5) is 10.3. The molecule has 1 aromatic carbocycles. The van der Waals surface area contributed by atoms with Crippen LogP contribution in [-0.4, -0.2) is 89.2 Å². The first kappa shape index (κ1) is 19.9. The molecule has 1 aliphatic heterocycles. The average molecular weight is 350 g/mol. The number of aliphatic hydroxyl groups is 5. The third-order valence-electron chi connectivity index (χ3n) is 3.18. The molecule has 1 aromatic rings. The normalized spacial score (nSPS) is 29.5. The van der Waals surface area contributed by atoms with Gasteiger partial charge in [-0.05, 0) is 12.1 Å². The summed E-state index contributed by atoms with van der Waals surface area (Å²) in [7, 11) is 0. The van der Waals surface area contributed by atoms with Gasteiger partial charge in [0.25, 0.3) is 0 Å². The largest absolute Gasteiger partial charge is 0.504 e. The standard InChI is InChI=1S/C7H6O5.C6H12O6/c8-4-1-3(7(11)12)2-5(9)6(4)10;7-1-2-3(8)4(9)5(10)6(11)12-2/h1-2,8-10H,(H,11,12);2-11H,1H2/t;2-,3-,4+,5-,6+/m.1/s1. The third kappa shape index (κ3) is 4.44. The van der Waals surface area contributed by atoms with E-state index in [0.29, 0.717) is 0 Å². The maximum atomic E-state index is 10.3. The Hall–Kier alpha value is -2.15. The van der Waals surface area contributed by atoms with E-state index < -0.39 is 60.5 Å². The molecular formula is C13H18O11. The van der Waals surface area contributed by atoms with Gasteiger partial charge >= 0.3 is 5.97 Å². The summed E-state index contributed by atoms with van der Waals surface area (Å²) in [6, 6.07) is 1.69. The molecule has 24 heavy (non-hydrogen) atoms. The first-order valence-corrected chi connectivity index (χ1v) is 6.57. The van der Waals surface area contributed by atoms with Crippen LogP contribution in [-0.2, 0) is 4.74 Å². The van der Waals surface area contributed by atoms with Gasteiger partial charge in [0.2, 0.25) is 0 Å². The number of carboxylic acid groups (broad SMARTS) is 1. The second kappa shape index (κ2) is 8.10. The van der Waals surface area contributed by atoms with Gasteiger partial charge in [0.1, 0.15) is 24.4 Å². The summed E-state index contributed by atoms with van der Waals surface area (Å²) >= 11 is 0. The van der Waals surface area contributed by atoms with E-state index >= 15 is 0 Å². The van der Waals surface area contributed by atoms with Crippen LogP contribution in [0.1, 0.15) is 10.4 Å². The maximum Gasteiger partial charge on any atom is 0.335 e. The molecule has 1 heterocycles. The molecule has 5 atom stereocenters. The zero-order valence-electron chi connectivity index (χ0n) is 12.1. The van der Waals surface area contributed by atoms with Crippen molar-refractivity contribution in [2.75, 3.05) is 6.61 Å². The van der Waals surface area contributed by atoms with Crippen LogP contribution in [0.3, 0.4) is 0 Å². The minimum absolute atomic E-state index is 0.289. The van der Waals surface area contributed by atoms with Crippen LogP contribution in [0.5, 0.6) is 17.2 Å². The molecule has 0 spiro atoms. The van der Waals surface area contributed by atoms with Crippen molar-refractivity contribution in [2.24, 2.45) is 0 Å². The van der Waals surface area contributed by atoms with Crippen molar-refractivity contribution in [3.63, 3.8) is 0 Å². The summed E-state index contributed by atoms with van der Waals surface area (Å²) in [5, 5.41) is 79.6. The van der Waals surface area contributed by atoms with Gasteiger partial charge < -0.3 is 50.7 Å². The minimum Gasteiger partial charge on any atom is -0.504 e. The number of carbonyl (C=O) groups is 1. The predicted octanol–water partition coefficient (Wildman–Crippen LogP) is -2.72. The zero-order chi connectivity index (χ0) is 18.6. The number of phenols is 3. The number of benzene rings is 1. The summed E-state index contributed by atoms with van der Waals surface area (Å²) in [5.41, 5.74) is -0.289. The van der Waals surface area contributed by atoms with E-state index in [0.717, 1.165) is 12.1 Å². The van der Waals surface area contributed by atoms with E-state index in [9.17, 15) is 4.79 Å². The van der Waals surface area contributed by atoms with Gasteiger partial charge in [-0.3, -0.25) is 0 Å². The Morgan fingerprint density at radius 3 is 1.88 bits per heavy atom. The van der Waals surface area contributed by atoms with Gasteiger partial charge in [0.05, 0.1) is 12.2 Å². The van der Waals surface area contributed by atoms with Crippen LogP contribution >= 0.6 is 0 Å². The quantitative estimate of drug-likeness (QED) is 0.250. The van der Waals surface area contributed by atoms with Crippen molar-refractivity contribution in [1.29, 1.82) is 0 Å². The van der Waals surface area contributed by atoms with E-state index in [1.807, 2.05) is 0 Å². The summed E-state index contributed by atoms with van der Waals surface area (Å²) in [5.74, 6) is -3.33. The number of carboxylic acids is 1. The highest BCUT2D eigenvalue weighted by Gasteiger charge is 2.42. The van der Waals surface area contributed by atoms with Crippen molar-refractivity contribution < 1.29 is 55.5 Å². The molecule has 0 aromatic heterocycles. The number of rotatable bonds is 2. The molecule has 0 unspecified atom stereocenters. The fourth-order valence-corrected chi connectivity index (χ4v) is 1.81. The molecule has 1 aliphatic rings. The second-order valence-corrected chi connectivity index (χ2v) is 4.89. The van der Waals surface area contributed by atoms with Crippen molar-refractivity contribution in [3.8, 4) is 17.2 Å². The number of hydrogen-bond acceptors (Lipinski definition) is 10. The zero-order valence-corrected chi connectivity index (χ0v) is 12.1. The summed E-state index contributed by atoms with van der Waals surface area (Å²) in [6.07, 6.45) is -7.04. The van der Waals surface area contributed by atoms with Crippen LogP contribution in [0.15, 0.2) is 12.1 Å². The Morgan fingerprint density at radius 2 is 1.46 bits per heavy atom. The van der Waals surface area contributed by atoms with Gasteiger partial charge in [-0.15, -0.1) is 0 Å². The highest BCUT2D eigenvalue weighted by Crippen LogP contribution is 2.35. The molecular weight excluding hydrogens is 332 g/mol. The van der Waals surface area contributed by atoms with Gasteiger partial charge in [-0.25, -0.2) is 4.79 Å². The number of aromatic hydroxyl groups is 3. The molecule has 0 aliphatic carbocycles. The van der Waals surface area contributed by atoms with Crippen molar-refractivity contribution in [1.82, 2.24) is 0 Å². The predicted molar refractivity (Wildman–Crippen MR) is 74.4 cm³/mol. The fraction of sp³-hybridized carbons (Fsp3) is 0.462. The van der Waals surface area contributed by atoms with Crippen LogP contribution in [0.4, 0.5) is 0 Å². The molecule has 0 radical (unpaired) electrons. The molecule has 11 heteroatoms. The van der Waals surface area contributed by atoms with Gasteiger partial charge in [0.15, 0.2) is 23.5 Å². The van der Waals surface area contributed by atoms with Gasteiger partial charge in [0, 0.05) is 0 Å². The molecule has 11 nitrogen and oxygen atoms in total. The van der Waals surface area contributed by atoms with E-state index in [-0.39, 0.29) is 5.56 Å². The first-order chi connectivity index (χ1) is 11.1. The molecule has 136 valence electrons. The Morgan fingerprint density at radius 1 is 0.958 bits per heavy atom. The smallest absolute Gasteiger partial charge is 0.335 e. The van der Waals surface area contributed by atoms with Crippen LogP contribution < -0.4 is 0 Å². The number of ether oxygens (including phenoxy) is 1. The van der Waals surface area contributed by atoms with Crippen LogP contribution in [0.2, 0.25) is 0 Å². The average Bonchev–Trinajstić information content (AvgIpc) is 2.54. The molecule has 0 amide bonds. The summed E-state index contributed by atoms with van der Waals surface area (Å²) < 4.78 is 4.58. The highest BCUT2D eigenvalue weighted by atomic mass is 16.6. The van der Waals surface area contributed by atoms with Crippen LogP contribution in [0, 0.1) is 0 Å². The Kier molecular flexibility index (Phi) is 6.71.